The van der Waals surface area contributed by atoms with Crippen LogP contribution >= 0.6 is 22.9 Å². The third-order valence-corrected chi connectivity index (χ3v) is 6.81. The number of fused-ring (bicyclic) bond motifs is 1. The zero-order valence-electron chi connectivity index (χ0n) is 16.9. The molecule has 5 nitrogen and oxygen atoms in total. The van der Waals surface area contributed by atoms with E-state index in [9.17, 15) is 0 Å². The molecule has 7 heteroatoms. The first-order valence-corrected chi connectivity index (χ1v) is 11.3. The van der Waals surface area contributed by atoms with Crippen LogP contribution in [0.15, 0.2) is 42.9 Å². The molecule has 3 aromatic heterocycles. The maximum Gasteiger partial charge on any atom is 0.174 e. The van der Waals surface area contributed by atoms with Gasteiger partial charge in [-0.15, -0.1) is 11.3 Å². The van der Waals surface area contributed by atoms with E-state index in [1.807, 2.05) is 31.6 Å². The van der Waals surface area contributed by atoms with Crippen LogP contribution < -0.4 is 0 Å². The van der Waals surface area contributed by atoms with E-state index in [1.54, 1.807) is 11.3 Å². The van der Waals surface area contributed by atoms with Crippen LogP contribution in [0.2, 0.25) is 4.34 Å². The quantitative estimate of drug-likeness (QED) is 0.401. The van der Waals surface area contributed by atoms with Crippen molar-refractivity contribution < 1.29 is 0 Å². The minimum Gasteiger partial charge on any atom is -0.306 e. The molecule has 4 heterocycles. The number of aromatic nitrogens is 5. The number of nitrogens with zero attached hydrogens (tertiary/aromatic N) is 5. The van der Waals surface area contributed by atoms with E-state index < -0.39 is 0 Å². The van der Waals surface area contributed by atoms with E-state index >= 15 is 0 Å². The molecule has 1 aromatic carbocycles. The Bertz CT molecular complexity index is 1230. The fraction of sp³-hybridized carbons (Fsp3) is 0.261. The van der Waals surface area contributed by atoms with Gasteiger partial charge in [0.15, 0.2) is 5.82 Å². The number of halogens is 1. The van der Waals surface area contributed by atoms with Crippen molar-refractivity contribution in [3.05, 3.63) is 80.5 Å². The van der Waals surface area contributed by atoms with Gasteiger partial charge in [-0.2, -0.15) is 5.10 Å². The summed E-state index contributed by atoms with van der Waals surface area (Å²) in [5.74, 6) is 2.08. The van der Waals surface area contributed by atoms with Crippen LogP contribution in [0, 0.1) is 13.8 Å². The summed E-state index contributed by atoms with van der Waals surface area (Å²) in [6.07, 6.45) is 10.2. The Balaban J connectivity index is 1.39. The Labute approximate surface area is 184 Å². The second kappa shape index (κ2) is 7.85. The number of rotatable bonds is 4. The van der Waals surface area contributed by atoms with E-state index in [0.717, 1.165) is 52.3 Å². The topological polar surface area (TPSA) is 48.5 Å². The van der Waals surface area contributed by atoms with E-state index in [4.69, 9.17) is 21.7 Å². The van der Waals surface area contributed by atoms with Crippen LogP contribution in [-0.4, -0.2) is 24.3 Å². The van der Waals surface area contributed by atoms with Crippen molar-refractivity contribution in [2.75, 3.05) is 0 Å². The van der Waals surface area contributed by atoms with Gasteiger partial charge in [-0.25, -0.2) is 14.6 Å². The molecule has 0 saturated heterocycles. The number of benzene rings is 1. The van der Waals surface area contributed by atoms with Gasteiger partial charge in [0.2, 0.25) is 0 Å². The second-order valence-electron chi connectivity index (χ2n) is 7.69. The van der Waals surface area contributed by atoms with Crippen molar-refractivity contribution in [2.24, 2.45) is 0 Å². The van der Waals surface area contributed by atoms with Gasteiger partial charge in [0.05, 0.1) is 22.3 Å². The highest BCUT2D eigenvalue weighted by molar-refractivity contribution is 7.16. The van der Waals surface area contributed by atoms with Crippen LogP contribution in [0.1, 0.15) is 52.1 Å². The van der Waals surface area contributed by atoms with Gasteiger partial charge in [0.1, 0.15) is 5.82 Å². The zero-order chi connectivity index (χ0) is 20.7. The predicted molar refractivity (Wildman–Crippen MR) is 122 cm³/mol. The first-order chi connectivity index (χ1) is 14.6. The number of hydrogen-bond acceptors (Lipinski definition) is 4. The van der Waals surface area contributed by atoms with Gasteiger partial charge in [0, 0.05) is 23.3 Å². The molecule has 0 spiro atoms. The Hall–Kier alpha value is -2.70. The lowest BCUT2D eigenvalue weighted by atomic mass is 9.97. The molecule has 30 heavy (non-hydrogen) atoms. The number of thiophene rings is 1. The van der Waals surface area contributed by atoms with Gasteiger partial charge in [0.25, 0.3) is 0 Å². The van der Waals surface area contributed by atoms with Crippen molar-refractivity contribution in [1.82, 2.24) is 24.3 Å². The molecule has 0 saturated carbocycles. The lowest BCUT2D eigenvalue weighted by Crippen LogP contribution is -2.17. The fourth-order valence-electron chi connectivity index (χ4n) is 4.02. The smallest absolute Gasteiger partial charge is 0.174 e. The molecule has 1 aliphatic heterocycles. The highest BCUT2D eigenvalue weighted by Gasteiger charge is 2.26. The Morgan fingerprint density at radius 3 is 2.80 bits per heavy atom. The number of imidazole rings is 1. The van der Waals surface area contributed by atoms with Crippen LogP contribution in [0.4, 0.5) is 0 Å². The molecular weight excluding hydrogens is 414 g/mol. The third-order valence-electron chi connectivity index (χ3n) is 5.46. The largest absolute Gasteiger partial charge is 0.306 e. The maximum atomic E-state index is 6.15. The summed E-state index contributed by atoms with van der Waals surface area (Å²) in [6, 6.07) is 10.5. The Kier molecular flexibility index (Phi) is 5.05. The highest BCUT2D eigenvalue weighted by atomic mass is 35.5. The summed E-state index contributed by atoms with van der Waals surface area (Å²) in [5, 5.41) is 4.72. The zero-order valence-corrected chi connectivity index (χ0v) is 18.5. The summed E-state index contributed by atoms with van der Waals surface area (Å²) in [7, 11) is 0. The molecule has 1 atom stereocenters. The third kappa shape index (κ3) is 3.73. The summed E-state index contributed by atoms with van der Waals surface area (Å²) < 4.78 is 4.93. The molecule has 5 rings (SSSR count). The molecule has 0 bridgehead atoms. The number of hydrogen-bond donors (Lipinski definition) is 0. The highest BCUT2D eigenvalue weighted by Crippen LogP contribution is 2.37. The van der Waals surface area contributed by atoms with Crippen LogP contribution in [0.5, 0.6) is 0 Å². The monoisotopic (exact) mass is 435 g/mol. The molecule has 0 fully saturated rings. The maximum absolute atomic E-state index is 6.15. The summed E-state index contributed by atoms with van der Waals surface area (Å²) in [6.45, 7) is 5.04. The van der Waals surface area contributed by atoms with E-state index in [0.29, 0.717) is 0 Å². The van der Waals surface area contributed by atoms with Crippen molar-refractivity contribution >= 4 is 35.1 Å². The van der Waals surface area contributed by atoms with Gasteiger partial charge in [-0.05, 0) is 68.2 Å². The van der Waals surface area contributed by atoms with Crippen molar-refractivity contribution in [2.45, 2.75) is 39.2 Å². The summed E-state index contributed by atoms with van der Waals surface area (Å²) in [5.41, 5.74) is 4.47. The first kappa shape index (κ1) is 19.3. The Morgan fingerprint density at radius 1 is 1.17 bits per heavy atom. The van der Waals surface area contributed by atoms with Crippen LogP contribution in [0.3, 0.4) is 0 Å². The average molecular weight is 436 g/mol. The molecule has 152 valence electrons. The van der Waals surface area contributed by atoms with E-state index in [2.05, 4.69) is 51.5 Å². The minimum atomic E-state index is 0.283. The molecule has 0 aliphatic carbocycles. The normalized spacial score (nSPS) is 16.3. The molecule has 0 unspecified atom stereocenters. The van der Waals surface area contributed by atoms with Crippen molar-refractivity contribution in [3.63, 3.8) is 0 Å². The van der Waals surface area contributed by atoms with E-state index in [-0.39, 0.29) is 5.92 Å². The SMILES string of the molecule is Cc1cn(-c2ccc(/C=C/c3nc4n(n3)CCC[C@H]4c3ccc(Cl)s3)cc2C)cn1. The lowest BCUT2D eigenvalue weighted by molar-refractivity contribution is 0.448. The average Bonchev–Trinajstić information content (AvgIpc) is 3.45. The molecule has 0 amide bonds. The van der Waals surface area contributed by atoms with Gasteiger partial charge in [-0.1, -0.05) is 23.7 Å². The molecular formula is C23H22ClN5S. The van der Waals surface area contributed by atoms with Crippen LogP contribution in [0.25, 0.3) is 17.8 Å². The number of aryl methyl sites for hydroxylation is 3. The molecule has 4 aromatic rings. The van der Waals surface area contributed by atoms with Gasteiger partial charge in [-0.3, -0.25) is 0 Å². The van der Waals surface area contributed by atoms with Gasteiger partial charge < -0.3 is 4.57 Å². The van der Waals surface area contributed by atoms with Gasteiger partial charge >= 0.3 is 0 Å². The molecule has 1 aliphatic rings. The molecule has 0 radical (unpaired) electrons. The summed E-state index contributed by atoms with van der Waals surface area (Å²) >= 11 is 7.79. The fourth-order valence-corrected chi connectivity index (χ4v) is 5.21. The molecule has 0 N–H and O–H groups in total. The Morgan fingerprint density at radius 2 is 2.07 bits per heavy atom. The minimum absolute atomic E-state index is 0.283. The standard InChI is InChI=1S/C23H22ClN5S/c1-15-12-17(5-7-19(15)28-13-16(2)25-14-28)6-10-22-26-23-18(4-3-11-29(23)27-22)20-8-9-21(24)30-20/h5-10,12-14,18H,3-4,11H2,1-2H3/b10-6+/t18-/m0/s1. The lowest BCUT2D eigenvalue weighted by Gasteiger charge is -2.20. The van der Waals surface area contributed by atoms with Crippen LogP contribution in [-0.2, 0) is 6.54 Å². The second-order valence-corrected chi connectivity index (χ2v) is 9.44. The van der Waals surface area contributed by atoms with Crippen molar-refractivity contribution in [1.29, 1.82) is 0 Å². The first-order valence-electron chi connectivity index (χ1n) is 10.1. The van der Waals surface area contributed by atoms with Crippen molar-refractivity contribution in [3.8, 4) is 5.69 Å². The van der Waals surface area contributed by atoms with E-state index in [1.165, 1.54) is 10.4 Å². The predicted octanol–water partition coefficient (Wildman–Crippen LogP) is 5.89. The summed E-state index contributed by atoms with van der Waals surface area (Å²) in [4.78, 5) is 10.4.